The molecule has 1 aliphatic rings. The molecule has 0 aliphatic carbocycles. The third-order valence-electron chi connectivity index (χ3n) is 3.76. The van der Waals surface area contributed by atoms with E-state index in [1.165, 1.54) is 11.2 Å². The summed E-state index contributed by atoms with van der Waals surface area (Å²) in [6.45, 7) is 2.05. The van der Waals surface area contributed by atoms with Gasteiger partial charge in [0.2, 0.25) is 0 Å². The van der Waals surface area contributed by atoms with Gasteiger partial charge >= 0.3 is 0 Å². The van der Waals surface area contributed by atoms with Gasteiger partial charge in [-0.15, -0.1) is 0 Å². The molecule has 2 aromatic rings. The fraction of sp³-hybridized carbons (Fsp3) is 0.400. The molecule has 3 heterocycles. The first kappa shape index (κ1) is 14.9. The summed E-state index contributed by atoms with van der Waals surface area (Å²) in [6.07, 6.45) is 1.86. The molecule has 0 unspecified atom stereocenters. The first-order valence-corrected chi connectivity index (χ1v) is 8.87. The summed E-state index contributed by atoms with van der Waals surface area (Å²) in [7, 11) is -3.09. The molecule has 22 heavy (non-hydrogen) atoms. The van der Waals surface area contributed by atoms with Gasteiger partial charge in [-0.05, 0) is 37.6 Å². The fourth-order valence-electron chi connectivity index (χ4n) is 2.67. The van der Waals surface area contributed by atoms with Gasteiger partial charge in [-0.25, -0.2) is 8.42 Å². The van der Waals surface area contributed by atoms with Crippen molar-refractivity contribution in [3.05, 3.63) is 47.8 Å². The SMILES string of the molecule is Cc1ccc(CN(C(=O)c2ccco2)[C@H]2CCS(=O)(=O)C2)o1. The van der Waals surface area contributed by atoms with Gasteiger partial charge in [-0.3, -0.25) is 4.79 Å². The van der Waals surface area contributed by atoms with E-state index in [0.29, 0.717) is 12.2 Å². The number of sulfone groups is 1. The van der Waals surface area contributed by atoms with Crippen LogP contribution in [0, 0.1) is 6.92 Å². The van der Waals surface area contributed by atoms with Gasteiger partial charge in [0.15, 0.2) is 15.6 Å². The third kappa shape index (κ3) is 3.09. The van der Waals surface area contributed by atoms with Crippen LogP contribution < -0.4 is 0 Å². The molecule has 0 saturated carbocycles. The van der Waals surface area contributed by atoms with E-state index in [9.17, 15) is 13.2 Å². The second-order valence-electron chi connectivity index (χ2n) is 5.48. The molecule has 2 aromatic heterocycles. The Morgan fingerprint density at radius 2 is 2.18 bits per heavy atom. The molecule has 3 rings (SSSR count). The summed E-state index contributed by atoms with van der Waals surface area (Å²) in [4.78, 5) is 14.1. The molecule has 1 amide bonds. The maximum Gasteiger partial charge on any atom is 0.290 e. The quantitative estimate of drug-likeness (QED) is 0.860. The number of carbonyl (C=O) groups excluding carboxylic acids is 1. The largest absolute Gasteiger partial charge is 0.464 e. The molecule has 118 valence electrons. The molecule has 0 spiro atoms. The molecular formula is C15H17NO5S. The predicted molar refractivity (Wildman–Crippen MR) is 79.1 cm³/mol. The summed E-state index contributed by atoms with van der Waals surface area (Å²) < 4.78 is 34.1. The summed E-state index contributed by atoms with van der Waals surface area (Å²) in [5.74, 6) is 1.35. The second-order valence-corrected chi connectivity index (χ2v) is 7.71. The molecule has 7 heteroatoms. The highest BCUT2D eigenvalue weighted by Gasteiger charge is 2.36. The van der Waals surface area contributed by atoms with Crippen LogP contribution in [0.3, 0.4) is 0 Å². The number of nitrogens with zero attached hydrogens (tertiary/aromatic N) is 1. The number of amides is 1. The smallest absolute Gasteiger partial charge is 0.290 e. The normalized spacial score (nSPS) is 20.1. The lowest BCUT2D eigenvalue weighted by atomic mass is 10.2. The van der Waals surface area contributed by atoms with Gasteiger partial charge < -0.3 is 13.7 Å². The zero-order valence-corrected chi connectivity index (χ0v) is 13.0. The van der Waals surface area contributed by atoms with E-state index < -0.39 is 9.84 Å². The van der Waals surface area contributed by atoms with Crippen molar-refractivity contribution in [2.45, 2.75) is 25.9 Å². The molecule has 0 aromatic carbocycles. The second kappa shape index (κ2) is 5.64. The van der Waals surface area contributed by atoms with Crippen LogP contribution in [0.4, 0.5) is 0 Å². The highest BCUT2D eigenvalue weighted by molar-refractivity contribution is 7.91. The number of carbonyl (C=O) groups is 1. The van der Waals surface area contributed by atoms with Gasteiger partial charge in [-0.2, -0.15) is 0 Å². The minimum atomic E-state index is -3.09. The van der Waals surface area contributed by atoms with E-state index in [4.69, 9.17) is 8.83 Å². The maximum atomic E-state index is 12.6. The summed E-state index contributed by atoms with van der Waals surface area (Å²) in [5.41, 5.74) is 0. The first-order valence-electron chi connectivity index (χ1n) is 7.05. The van der Waals surface area contributed by atoms with E-state index in [2.05, 4.69) is 0 Å². The van der Waals surface area contributed by atoms with E-state index >= 15 is 0 Å². The lowest BCUT2D eigenvalue weighted by Gasteiger charge is -2.26. The van der Waals surface area contributed by atoms with E-state index in [1.54, 1.807) is 18.2 Å². The third-order valence-corrected chi connectivity index (χ3v) is 5.51. The highest BCUT2D eigenvalue weighted by Crippen LogP contribution is 2.23. The zero-order chi connectivity index (χ0) is 15.7. The van der Waals surface area contributed by atoms with Gasteiger partial charge in [0.25, 0.3) is 5.91 Å². The Morgan fingerprint density at radius 1 is 1.36 bits per heavy atom. The Kier molecular flexibility index (Phi) is 3.82. The van der Waals surface area contributed by atoms with Crippen molar-refractivity contribution in [2.24, 2.45) is 0 Å². The molecular weight excluding hydrogens is 306 g/mol. The maximum absolute atomic E-state index is 12.6. The molecule has 6 nitrogen and oxygen atoms in total. The first-order chi connectivity index (χ1) is 10.4. The number of hydrogen-bond acceptors (Lipinski definition) is 5. The lowest BCUT2D eigenvalue weighted by Crippen LogP contribution is -2.40. The Labute approximate surface area is 128 Å². The number of hydrogen-bond donors (Lipinski definition) is 0. The lowest BCUT2D eigenvalue weighted by molar-refractivity contribution is 0.0632. The zero-order valence-electron chi connectivity index (χ0n) is 12.2. The van der Waals surface area contributed by atoms with Crippen LogP contribution in [0.5, 0.6) is 0 Å². The Morgan fingerprint density at radius 3 is 2.73 bits per heavy atom. The number of furan rings is 2. The molecule has 0 bridgehead atoms. The van der Waals surface area contributed by atoms with Crippen LogP contribution in [0.2, 0.25) is 0 Å². The van der Waals surface area contributed by atoms with Crippen LogP contribution in [-0.4, -0.2) is 36.8 Å². The summed E-state index contributed by atoms with van der Waals surface area (Å²) in [5, 5.41) is 0. The fourth-order valence-corrected chi connectivity index (χ4v) is 4.40. The Bertz CT molecular complexity index is 760. The predicted octanol–water partition coefficient (Wildman–Crippen LogP) is 2.01. The Balaban J connectivity index is 1.86. The van der Waals surface area contributed by atoms with Crippen molar-refractivity contribution in [1.82, 2.24) is 4.90 Å². The van der Waals surface area contributed by atoms with Crippen LogP contribution >= 0.6 is 0 Å². The van der Waals surface area contributed by atoms with Crippen LogP contribution in [0.25, 0.3) is 0 Å². The minimum absolute atomic E-state index is 0.0147. The van der Waals surface area contributed by atoms with Crippen molar-refractivity contribution in [3.63, 3.8) is 0 Å². The average molecular weight is 323 g/mol. The highest BCUT2D eigenvalue weighted by atomic mass is 32.2. The molecule has 1 atom stereocenters. The monoisotopic (exact) mass is 323 g/mol. The molecule has 0 radical (unpaired) electrons. The standard InChI is InChI=1S/C15H17NO5S/c1-11-4-5-13(21-11)9-16(12-6-8-22(18,19)10-12)15(17)14-3-2-7-20-14/h2-5,7,12H,6,8-10H2,1H3/t12-/m0/s1. The van der Waals surface area contributed by atoms with E-state index in [0.717, 1.165) is 5.76 Å². The van der Waals surface area contributed by atoms with Crippen LogP contribution in [0.1, 0.15) is 28.5 Å². The molecule has 1 fully saturated rings. The van der Waals surface area contributed by atoms with Gasteiger partial charge in [0.05, 0.1) is 24.3 Å². The number of aryl methyl sites for hydroxylation is 1. The van der Waals surface area contributed by atoms with Crippen LogP contribution in [-0.2, 0) is 16.4 Å². The van der Waals surface area contributed by atoms with Crippen molar-refractivity contribution >= 4 is 15.7 Å². The molecule has 0 N–H and O–H groups in total. The Hall–Kier alpha value is -2.02. The van der Waals surface area contributed by atoms with Crippen molar-refractivity contribution in [3.8, 4) is 0 Å². The van der Waals surface area contributed by atoms with E-state index in [-0.39, 0.29) is 35.8 Å². The topological polar surface area (TPSA) is 80.7 Å². The van der Waals surface area contributed by atoms with Crippen molar-refractivity contribution in [2.75, 3.05) is 11.5 Å². The average Bonchev–Trinajstić information content (AvgIpc) is 3.17. The van der Waals surface area contributed by atoms with Crippen molar-refractivity contribution in [1.29, 1.82) is 0 Å². The van der Waals surface area contributed by atoms with Crippen molar-refractivity contribution < 1.29 is 22.0 Å². The van der Waals surface area contributed by atoms with Crippen LogP contribution in [0.15, 0.2) is 39.4 Å². The summed E-state index contributed by atoms with van der Waals surface area (Å²) in [6, 6.07) is 6.46. The minimum Gasteiger partial charge on any atom is -0.464 e. The summed E-state index contributed by atoms with van der Waals surface area (Å²) >= 11 is 0. The molecule has 1 saturated heterocycles. The van der Waals surface area contributed by atoms with E-state index in [1.807, 2.05) is 13.0 Å². The van der Waals surface area contributed by atoms with Gasteiger partial charge in [0.1, 0.15) is 11.5 Å². The van der Waals surface area contributed by atoms with Gasteiger partial charge in [-0.1, -0.05) is 0 Å². The van der Waals surface area contributed by atoms with Gasteiger partial charge in [0, 0.05) is 6.04 Å². The number of rotatable bonds is 4. The molecule has 1 aliphatic heterocycles.